The highest BCUT2D eigenvalue weighted by Crippen LogP contribution is 2.57. The van der Waals surface area contributed by atoms with Crippen LogP contribution in [0.2, 0.25) is 0 Å². The number of nitro groups is 1. The Balaban J connectivity index is 1.49. The van der Waals surface area contributed by atoms with Crippen molar-refractivity contribution < 1.29 is 4.92 Å². The quantitative estimate of drug-likeness (QED) is 0.592. The van der Waals surface area contributed by atoms with Crippen LogP contribution in [0.5, 0.6) is 0 Å². The third kappa shape index (κ3) is 3.03. The van der Waals surface area contributed by atoms with Crippen molar-refractivity contribution in [2.75, 3.05) is 16.8 Å². The molecule has 0 aromatic carbocycles. The Morgan fingerprint density at radius 2 is 1.86 bits per heavy atom. The molecule has 28 heavy (non-hydrogen) atoms. The smallest absolute Gasteiger partial charge is 0.353 e. The SMILES string of the molecule is CCC1CCCCN1c1ncnc(NC23CC4CC(CC(C4)C2)C3)c1[N+](=O)[O-]. The fourth-order valence-electron chi connectivity index (χ4n) is 7.06. The van der Waals surface area contributed by atoms with Crippen molar-refractivity contribution in [1.29, 1.82) is 0 Å². The largest absolute Gasteiger partial charge is 0.359 e. The van der Waals surface area contributed by atoms with Gasteiger partial charge in [-0.15, -0.1) is 0 Å². The molecular formula is C21H31N5O2. The van der Waals surface area contributed by atoms with E-state index in [1.54, 1.807) is 0 Å². The van der Waals surface area contributed by atoms with Gasteiger partial charge in [0, 0.05) is 18.1 Å². The van der Waals surface area contributed by atoms with Crippen LogP contribution in [0, 0.1) is 27.9 Å². The molecule has 5 fully saturated rings. The van der Waals surface area contributed by atoms with E-state index in [0.717, 1.165) is 62.8 Å². The lowest BCUT2D eigenvalue weighted by molar-refractivity contribution is -0.383. The summed E-state index contributed by atoms with van der Waals surface area (Å²) >= 11 is 0. The van der Waals surface area contributed by atoms with E-state index in [2.05, 4.69) is 27.1 Å². The van der Waals surface area contributed by atoms with Gasteiger partial charge >= 0.3 is 5.69 Å². The molecule has 1 saturated heterocycles. The first-order valence-electron chi connectivity index (χ1n) is 11.1. The van der Waals surface area contributed by atoms with Gasteiger partial charge in [0.2, 0.25) is 11.6 Å². The van der Waals surface area contributed by atoms with Crippen LogP contribution >= 0.6 is 0 Å². The Morgan fingerprint density at radius 1 is 1.18 bits per heavy atom. The number of hydrogen-bond donors (Lipinski definition) is 1. The maximum Gasteiger partial charge on any atom is 0.353 e. The second kappa shape index (κ2) is 6.85. The van der Waals surface area contributed by atoms with Gasteiger partial charge in [0.15, 0.2) is 0 Å². The summed E-state index contributed by atoms with van der Waals surface area (Å²) in [5.41, 5.74) is 0.0792. The Labute approximate surface area is 166 Å². The van der Waals surface area contributed by atoms with Gasteiger partial charge in [-0.25, -0.2) is 9.97 Å². The second-order valence-corrected chi connectivity index (χ2v) is 9.73. The van der Waals surface area contributed by atoms with Crippen molar-refractivity contribution in [3.8, 4) is 0 Å². The highest BCUT2D eigenvalue weighted by atomic mass is 16.6. The molecule has 1 aliphatic heterocycles. The third-order valence-electron chi connectivity index (χ3n) is 7.78. The minimum absolute atomic E-state index is 0.00279. The van der Waals surface area contributed by atoms with Gasteiger partial charge in [0.25, 0.3) is 0 Å². The summed E-state index contributed by atoms with van der Waals surface area (Å²) in [6.45, 7) is 3.00. The molecule has 5 aliphatic rings. The van der Waals surface area contributed by atoms with E-state index in [1.165, 1.54) is 32.0 Å². The number of nitrogens with one attached hydrogen (secondary N) is 1. The van der Waals surface area contributed by atoms with Gasteiger partial charge in [-0.05, 0) is 82.0 Å². The Bertz CT molecular complexity index is 732. The average Bonchev–Trinajstić information content (AvgIpc) is 2.66. The normalized spacial score (nSPS) is 36.5. The zero-order valence-corrected chi connectivity index (χ0v) is 16.8. The van der Waals surface area contributed by atoms with E-state index in [4.69, 9.17) is 0 Å². The molecule has 1 aromatic heterocycles. The zero-order chi connectivity index (χ0) is 19.3. The van der Waals surface area contributed by atoms with E-state index in [9.17, 15) is 10.1 Å². The van der Waals surface area contributed by atoms with E-state index in [0.29, 0.717) is 17.7 Å². The zero-order valence-electron chi connectivity index (χ0n) is 16.8. The summed E-state index contributed by atoms with van der Waals surface area (Å²) in [6, 6.07) is 0.328. The van der Waals surface area contributed by atoms with Gasteiger partial charge < -0.3 is 10.2 Å². The van der Waals surface area contributed by atoms with E-state index >= 15 is 0 Å². The summed E-state index contributed by atoms with van der Waals surface area (Å²) in [5.74, 6) is 3.30. The van der Waals surface area contributed by atoms with Crippen LogP contribution in [0.15, 0.2) is 6.33 Å². The van der Waals surface area contributed by atoms with Crippen molar-refractivity contribution >= 4 is 17.3 Å². The molecule has 2 heterocycles. The maximum absolute atomic E-state index is 12.1. The minimum atomic E-state index is -0.264. The fourth-order valence-corrected chi connectivity index (χ4v) is 7.06. The van der Waals surface area contributed by atoms with Crippen LogP contribution in [0.4, 0.5) is 17.3 Å². The van der Waals surface area contributed by atoms with Gasteiger partial charge in [-0.1, -0.05) is 6.92 Å². The predicted molar refractivity (Wildman–Crippen MR) is 108 cm³/mol. The number of piperidine rings is 1. The average molecular weight is 386 g/mol. The lowest BCUT2D eigenvalue weighted by atomic mass is 9.53. The van der Waals surface area contributed by atoms with Crippen LogP contribution < -0.4 is 10.2 Å². The molecule has 7 heteroatoms. The highest BCUT2D eigenvalue weighted by Gasteiger charge is 2.51. The highest BCUT2D eigenvalue weighted by molar-refractivity contribution is 5.71. The number of aromatic nitrogens is 2. The van der Waals surface area contributed by atoms with E-state index < -0.39 is 0 Å². The first kappa shape index (κ1) is 18.1. The summed E-state index contributed by atoms with van der Waals surface area (Å²) in [4.78, 5) is 22.8. The molecule has 6 rings (SSSR count). The van der Waals surface area contributed by atoms with Crippen molar-refractivity contribution in [2.45, 2.75) is 82.7 Å². The molecule has 1 unspecified atom stereocenters. The summed E-state index contributed by atoms with van der Waals surface area (Å²) in [6.07, 6.45) is 13.3. The molecule has 4 saturated carbocycles. The predicted octanol–water partition coefficient (Wildman–Crippen LogP) is 4.53. The monoisotopic (exact) mass is 385 g/mol. The lowest BCUT2D eigenvalue weighted by Gasteiger charge is -2.57. The van der Waals surface area contributed by atoms with Crippen molar-refractivity contribution in [3.63, 3.8) is 0 Å². The molecule has 1 N–H and O–H groups in total. The van der Waals surface area contributed by atoms with Gasteiger partial charge in [0.05, 0.1) is 4.92 Å². The first-order chi connectivity index (χ1) is 13.6. The minimum Gasteiger partial charge on any atom is -0.359 e. The van der Waals surface area contributed by atoms with Gasteiger partial charge in [-0.3, -0.25) is 10.1 Å². The number of nitrogens with zero attached hydrogens (tertiary/aromatic N) is 4. The molecule has 4 bridgehead atoms. The van der Waals surface area contributed by atoms with Crippen LogP contribution in [-0.4, -0.2) is 33.0 Å². The molecular weight excluding hydrogens is 354 g/mol. The van der Waals surface area contributed by atoms with Crippen LogP contribution in [0.3, 0.4) is 0 Å². The van der Waals surface area contributed by atoms with Crippen molar-refractivity contribution in [2.24, 2.45) is 17.8 Å². The molecule has 152 valence electrons. The molecule has 1 atom stereocenters. The fraction of sp³-hybridized carbons (Fsp3) is 0.810. The molecule has 7 nitrogen and oxygen atoms in total. The van der Waals surface area contributed by atoms with Gasteiger partial charge in [0.1, 0.15) is 6.33 Å². The molecule has 0 spiro atoms. The van der Waals surface area contributed by atoms with E-state index in [1.807, 2.05) is 0 Å². The molecule has 4 aliphatic carbocycles. The van der Waals surface area contributed by atoms with Crippen LogP contribution in [0.1, 0.15) is 71.1 Å². The third-order valence-corrected chi connectivity index (χ3v) is 7.78. The molecule has 0 radical (unpaired) electrons. The van der Waals surface area contributed by atoms with Crippen molar-refractivity contribution in [1.82, 2.24) is 9.97 Å². The molecule has 0 amide bonds. The number of rotatable bonds is 5. The maximum atomic E-state index is 12.1. The molecule has 1 aromatic rings. The topological polar surface area (TPSA) is 84.2 Å². The van der Waals surface area contributed by atoms with Crippen LogP contribution in [-0.2, 0) is 0 Å². The Kier molecular flexibility index (Phi) is 4.43. The summed E-state index contributed by atoms with van der Waals surface area (Å²) in [5, 5.41) is 15.8. The number of hydrogen-bond acceptors (Lipinski definition) is 6. The Morgan fingerprint density at radius 3 is 2.46 bits per heavy atom. The standard InChI is InChI=1S/C21H31N5O2/c1-2-17-5-3-4-6-25(17)20-18(26(27)28)19(22-13-23-20)24-21-10-14-7-15(11-21)9-16(8-14)12-21/h13-17H,2-12H2,1H3,(H,22,23,24). The number of anilines is 2. The van der Waals surface area contributed by atoms with Crippen molar-refractivity contribution in [3.05, 3.63) is 16.4 Å². The summed E-state index contributed by atoms with van der Waals surface area (Å²) in [7, 11) is 0. The van der Waals surface area contributed by atoms with Crippen LogP contribution in [0.25, 0.3) is 0 Å². The van der Waals surface area contributed by atoms with Gasteiger partial charge in [-0.2, -0.15) is 0 Å². The summed E-state index contributed by atoms with van der Waals surface area (Å²) < 4.78 is 0. The second-order valence-electron chi connectivity index (χ2n) is 9.73. The lowest BCUT2D eigenvalue weighted by Crippen LogP contribution is -2.55. The van der Waals surface area contributed by atoms with E-state index in [-0.39, 0.29) is 16.1 Å². The first-order valence-corrected chi connectivity index (χ1v) is 11.1. The Hall–Kier alpha value is -1.92.